The lowest BCUT2D eigenvalue weighted by Crippen LogP contribution is -2.38. The van der Waals surface area contributed by atoms with Gasteiger partial charge in [0.2, 0.25) is 5.82 Å². The van der Waals surface area contributed by atoms with Crippen LogP contribution in [0.25, 0.3) is 0 Å². The Kier molecular flexibility index (Phi) is 5.54. The third-order valence-corrected chi connectivity index (χ3v) is 3.41. The molecule has 1 rings (SSSR count). The monoisotopic (exact) mass is 320 g/mol. The van der Waals surface area contributed by atoms with Crippen LogP contribution in [0.2, 0.25) is 0 Å². The second kappa shape index (κ2) is 6.75. The molecule has 0 heterocycles. The van der Waals surface area contributed by atoms with Gasteiger partial charge >= 0.3 is 0 Å². The quantitative estimate of drug-likeness (QED) is 0.645. The molecule has 0 saturated heterocycles. The molecule has 0 aliphatic carbocycles. The number of nitrogens with zero attached hydrogens (tertiary/aromatic N) is 1. The molecule has 0 bridgehead atoms. The summed E-state index contributed by atoms with van der Waals surface area (Å²) < 4.78 is 40.0. The number of amides is 1. The molecule has 0 aliphatic heterocycles. The Labute approximate surface area is 125 Å². The maximum Gasteiger partial charge on any atom is 0.257 e. The summed E-state index contributed by atoms with van der Waals surface area (Å²) in [7, 11) is 0. The standard InChI is InChI=1S/C13H15F3N2O2S/c1-3-18(5-6(2)12(17)21)13(20)7-4-8(14)10(16)11(19)9(7)15/h4,6,19H,3,5H2,1-2H3,(H2,17,21). The molecule has 4 nitrogen and oxygen atoms in total. The highest BCUT2D eigenvalue weighted by atomic mass is 32.1. The van der Waals surface area contributed by atoms with E-state index in [0.717, 1.165) is 0 Å². The van der Waals surface area contributed by atoms with Gasteiger partial charge in [-0.25, -0.2) is 8.78 Å². The number of halogens is 3. The SMILES string of the molecule is CCN(CC(C)C(N)=S)C(=O)c1cc(F)c(F)c(O)c1F. The number of nitrogens with two attached hydrogens (primary N) is 1. The van der Waals surface area contributed by atoms with Gasteiger partial charge < -0.3 is 15.7 Å². The van der Waals surface area contributed by atoms with E-state index in [0.29, 0.717) is 6.07 Å². The minimum absolute atomic E-state index is 0.101. The highest BCUT2D eigenvalue weighted by Crippen LogP contribution is 2.26. The zero-order valence-corrected chi connectivity index (χ0v) is 12.3. The van der Waals surface area contributed by atoms with Crippen molar-refractivity contribution in [3.63, 3.8) is 0 Å². The number of phenolic OH excluding ortho intramolecular Hbond substituents is 1. The summed E-state index contributed by atoms with van der Waals surface area (Å²) in [6.45, 7) is 3.59. The molecule has 116 valence electrons. The number of phenols is 1. The second-order valence-corrected chi connectivity index (χ2v) is 5.00. The van der Waals surface area contributed by atoms with Crippen molar-refractivity contribution in [3.8, 4) is 5.75 Å². The summed E-state index contributed by atoms with van der Waals surface area (Å²) in [4.78, 5) is 13.5. The first-order valence-electron chi connectivity index (χ1n) is 6.15. The predicted molar refractivity (Wildman–Crippen MR) is 75.5 cm³/mol. The van der Waals surface area contributed by atoms with Gasteiger partial charge in [0.05, 0.1) is 10.6 Å². The van der Waals surface area contributed by atoms with E-state index < -0.39 is 34.7 Å². The van der Waals surface area contributed by atoms with E-state index in [-0.39, 0.29) is 24.0 Å². The molecule has 0 fully saturated rings. The van der Waals surface area contributed by atoms with Crippen LogP contribution in [0.4, 0.5) is 13.2 Å². The van der Waals surface area contributed by atoms with Crippen LogP contribution in [0.5, 0.6) is 5.75 Å². The van der Waals surface area contributed by atoms with Gasteiger partial charge in [-0.3, -0.25) is 4.79 Å². The first kappa shape index (κ1) is 17.2. The summed E-state index contributed by atoms with van der Waals surface area (Å²) in [5.74, 6) is -7.46. The summed E-state index contributed by atoms with van der Waals surface area (Å²) in [6.07, 6.45) is 0. The minimum Gasteiger partial charge on any atom is -0.503 e. The van der Waals surface area contributed by atoms with Crippen LogP contribution in [0.3, 0.4) is 0 Å². The van der Waals surface area contributed by atoms with Crippen LogP contribution in [-0.4, -0.2) is 34.0 Å². The van der Waals surface area contributed by atoms with Crippen LogP contribution < -0.4 is 5.73 Å². The molecule has 3 N–H and O–H groups in total. The van der Waals surface area contributed by atoms with Crippen LogP contribution >= 0.6 is 12.2 Å². The molecule has 1 aromatic carbocycles. The summed E-state index contributed by atoms with van der Waals surface area (Å²) in [5, 5.41) is 9.14. The van der Waals surface area contributed by atoms with Crippen LogP contribution in [0.1, 0.15) is 24.2 Å². The number of aromatic hydroxyl groups is 1. The molecule has 21 heavy (non-hydrogen) atoms. The molecular formula is C13H15F3N2O2S. The number of thiocarbonyl (C=S) groups is 1. The van der Waals surface area contributed by atoms with Crippen LogP contribution in [-0.2, 0) is 0 Å². The van der Waals surface area contributed by atoms with E-state index in [4.69, 9.17) is 23.1 Å². The van der Waals surface area contributed by atoms with Gasteiger partial charge in [0, 0.05) is 19.0 Å². The Hall–Kier alpha value is -1.83. The Bertz CT molecular complexity index is 581. The lowest BCUT2D eigenvalue weighted by atomic mass is 10.1. The molecule has 1 unspecified atom stereocenters. The number of benzene rings is 1. The Morgan fingerprint density at radius 3 is 2.48 bits per heavy atom. The van der Waals surface area contributed by atoms with E-state index in [1.165, 1.54) is 4.90 Å². The molecule has 0 aliphatic rings. The zero-order valence-electron chi connectivity index (χ0n) is 11.5. The van der Waals surface area contributed by atoms with Gasteiger partial charge in [0.15, 0.2) is 17.4 Å². The topological polar surface area (TPSA) is 66.6 Å². The number of rotatable bonds is 5. The fourth-order valence-corrected chi connectivity index (χ4v) is 1.77. The Morgan fingerprint density at radius 2 is 2.00 bits per heavy atom. The van der Waals surface area contributed by atoms with Crippen molar-refractivity contribution in [2.45, 2.75) is 13.8 Å². The average Bonchev–Trinajstić information content (AvgIpc) is 2.45. The van der Waals surface area contributed by atoms with Crippen molar-refractivity contribution < 1.29 is 23.1 Å². The Morgan fingerprint density at radius 1 is 1.43 bits per heavy atom. The normalized spacial score (nSPS) is 12.0. The van der Waals surface area contributed by atoms with Crippen molar-refractivity contribution in [2.24, 2.45) is 11.7 Å². The van der Waals surface area contributed by atoms with Gasteiger partial charge in [0.25, 0.3) is 5.91 Å². The minimum atomic E-state index is -1.73. The smallest absolute Gasteiger partial charge is 0.257 e. The summed E-state index contributed by atoms with van der Waals surface area (Å²) in [5.41, 5.74) is 4.70. The number of hydrogen-bond donors (Lipinski definition) is 2. The third-order valence-electron chi connectivity index (χ3n) is 3.01. The number of hydrogen-bond acceptors (Lipinski definition) is 3. The maximum atomic E-state index is 13.7. The van der Waals surface area contributed by atoms with Gasteiger partial charge in [-0.15, -0.1) is 0 Å². The fourth-order valence-electron chi connectivity index (χ4n) is 1.69. The number of carbonyl (C=O) groups is 1. The maximum absolute atomic E-state index is 13.7. The second-order valence-electron chi connectivity index (χ2n) is 4.53. The molecule has 8 heteroatoms. The lowest BCUT2D eigenvalue weighted by molar-refractivity contribution is 0.0748. The van der Waals surface area contributed by atoms with Crippen molar-refractivity contribution in [2.75, 3.05) is 13.1 Å². The fraction of sp³-hybridized carbons (Fsp3) is 0.385. The van der Waals surface area contributed by atoms with Crippen LogP contribution in [0, 0.1) is 23.4 Å². The van der Waals surface area contributed by atoms with Crippen LogP contribution in [0.15, 0.2) is 6.07 Å². The van der Waals surface area contributed by atoms with Crippen molar-refractivity contribution in [3.05, 3.63) is 29.1 Å². The molecule has 1 amide bonds. The van der Waals surface area contributed by atoms with Crippen molar-refractivity contribution in [1.82, 2.24) is 4.90 Å². The molecule has 1 aromatic rings. The van der Waals surface area contributed by atoms with Gasteiger partial charge in [0.1, 0.15) is 0 Å². The Balaban J connectivity index is 3.14. The molecular weight excluding hydrogens is 305 g/mol. The third kappa shape index (κ3) is 3.63. The lowest BCUT2D eigenvalue weighted by Gasteiger charge is -2.24. The highest BCUT2D eigenvalue weighted by molar-refractivity contribution is 7.80. The van der Waals surface area contributed by atoms with E-state index in [9.17, 15) is 18.0 Å². The molecule has 0 spiro atoms. The molecule has 1 atom stereocenters. The van der Waals surface area contributed by atoms with Crippen molar-refractivity contribution >= 4 is 23.1 Å². The van der Waals surface area contributed by atoms with E-state index in [2.05, 4.69) is 0 Å². The van der Waals surface area contributed by atoms with Crippen molar-refractivity contribution in [1.29, 1.82) is 0 Å². The first-order valence-corrected chi connectivity index (χ1v) is 6.56. The summed E-state index contributed by atoms with van der Waals surface area (Å²) >= 11 is 4.79. The summed E-state index contributed by atoms with van der Waals surface area (Å²) in [6, 6.07) is 0.417. The molecule has 0 radical (unpaired) electrons. The zero-order chi connectivity index (χ0) is 16.3. The molecule has 0 aromatic heterocycles. The van der Waals surface area contributed by atoms with E-state index in [1.807, 2.05) is 0 Å². The average molecular weight is 320 g/mol. The first-order chi connectivity index (χ1) is 9.70. The van der Waals surface area contributed by atoms with E-state index >= 15 is 0 Å². The van der Waals surface area contributed by atoms with Gasteiger partial charge in [-0.1, -0.05) is 19.1 Å². The largest absolute Gasteiger partial charge is 0.503 e. The number of carbonyl (C=O) groups excluding carboxylic acids is 1. The predicted octanol–water partition coefficient (Wildman–Crippen LogP) is 2.19. The van der Waals surface area contributed by atoms with Gasteiger partial charge in [-0.05, 0) is 13.0 Å². The molecule has 0 saturated carbocycles. The highest BCUT2D eigenvalue weighted by Gasteiger charge is 2.26. The van der Waals surface area contributed by atoms with E-state index in [1.54, 1.807) is 13.8 Å². The van der Waals surface area contributed by atoms with Gasteiger partial charge in [-0.2, -0.15) is 4.39 Å².